The SMILES string of the molecule is Nc1ccc(-c2nccnc2N2CCCCC2)cc1. The number of anilines is 2. The van der Waals surface area contributed by atoms with Crippen LogP contribution < -0.4 is 10.6 Å². The molecule has 0 bridgehead atoms. The van der Waals surface area contributed by atoms with E-state index in [-0.39, 0.29) is 0 Å². The maximum Gasteiger partial charge on any atom is 0.155 e. The summed E-state index contributed by atoms with van der Waals surface area (Å²) in [5.41, 5.74) is 8.53. The molecule has 1 fully saturated rings. The molecule has 0 unspecified atom stereocenters. The molecule has 4 nitrogen and oxygen atoms in total. The lowest BCUT2D eigenvalue weighted by Crippen LogP contribution is -2.30. The van der Waals surface area contributed by atoms with Gasteiger partial charge in [0.15, 0.2) is 5.82 Å². The van der Waals surface area contributed by atoms with E-state index in [1.165, 1.54) is 19.3 Å². The number of nitrogen functional groups attached to an aromatic ring is 1. The van der Waals surface area contributed by atoms with Crippen molar-refractivity contribution in [3.05, 3.63) is 36.7 Å². The third-order valence-electron chi connectivity index (χ3n) is 3.52. The molecule has 4 heteroatoms. The van der Waals surface area contributed by atoms with Gasteiger partial charge in [0, 0.05) is 36.7 Å². The Kier molecular flexibility index (Phi) is 3.31. The van der Waals surface area contributed by atoms with Crippen molar-refractivity contribution < 1.29 is 0 Å². The first-order chi connectivity index (χ1) is 9.34. The first-order valence-corrected chi connectivity index (χ1v) is 6.76. The summed E-state index contributed by atoms with van der Waals surface area (Å²) in [6, 6.07) is 7.83. The van der Waals surface area contributed by atoms with Gasteiger partial charge in [0.05, 0.1) is 0 Å². The molecular weight excluding hydrogens is 236 g/mol. The summed E-state index contributed by atoms with van der Waals surface area (Å²) in [6.07, 6.45) is 7.30. The maximum absolute atomic E-state index is 5.74. The van der Waals surface area contributed by atoms with Gasteiger partial charge in [-0.3, -0.25) is 4.98 Å². The fourth-order valence-corrected chi connectivity index (χ4v) is 2.51. The van der Waals surface area contributed by atoms with Gasteiger partial charge in [0.25, 0.3) is 0 Å². The average molecular weight is 254 g/mol. The average Bonchev–Trinajstić information content (AvgIpc) is 2.49. The Morgan fingerprint density at radius 1 is 0.895 bits per heavy atom. The van der Waals surface area contributed by atoms with Gasteiger partial charge < -0.3 is 10.6 Å². The van der Waals surface area contributed by atoms with Crippen molar-refractivity contribution in [2.75, 3.05) is 23.7 Å². The Morgan fingerprint density at radius 2 is 1.58 bits per heavy atom. The normalized spacial score (nSPS) is 15.5. The number of aromatic nitrogens is 2. The van der Waals surface area contributed by atoms with E-state index in [1.54, 1.807) is 12.4 Å². The quantitative estimate of drug-likeness (QED) is 0.837. The van der Waals surface area contributed by atoms with Crippen LogP contribution in [0.4, 0.5) is 11.5 Å². The molecule has 0 aliphatic carbocycles. The fourth-order valence-electron chi connectivity index (χ4n) is 2.51. The van der Waals surface area contributed by atoms with Crippen LogP contribution in [0.15, 0.2) is 36.7 Å². The number of nitrogens with zero attached hydrogens (tertiary/aromatic N) is 3. The van der Waals surface area contributed by atoms with Crippen LogP contribution in [0.2, 0.25) is 0 Å². The Hall–Kier alpha value is -2.10. The zero-order chi connectivity index (χ0) is 13.1. The molecule has 0 atom stereocenters. The van der Waals surface area contributed by atoms with E-state index in [4.69, 9.17) is 5.73 Å². The monoisotopic (exact) mass is 254 g/mol. The van der Waals surface area contributed by atoms with Crippen LogP contribution >= 0.6 is 0 Å². The molecule has 3 rings (SSSR count). The molecule has 1 aliphatic heterocycles. The first kappa shape index (κ1) is 12.0. The third-order valence-corrected chi connectivity index (χ3v) is 3.52. The lowest BCUT2D eigenvalue weighted by atomic mass is 10.1. The van der Waals surface area contributed by atoms with Crippen LogP contribution in [-0.2, 0) is 0 Å². The van der Waals surface area contributed by atoms with Gasteiger partial charge in [-0.2, -0.15) is 0 Å². The van der Waals surface area contributed by atoms with Crippen LogP contribution in [0.1, 0.15) is 19.3 Å². The highest BCUT2D eigenvalue weighted by Gasteiger charge is 2.17. The molecule has 0 radical (unpaired) electrons. The van der Waals surface area contributed by atoms with E-state index in [9.17, 15) is 0 Å². The molecule has 2 aromatic rings. The molecule has 0 amide bonds. The van der Waals surface area contributed by atoms with Crippen LogP contribution in [0.3, 0.4) is 0 Å². The van der Waals surface area contributed by atoms with Gasteiger partial charge >= 0.3 is 0 Å². The fraction of sp³-hybridized carbons (Fsp3) is 0.333. The minimum Gasteiger partial charge on any atom is -0.399 e. The van der Waals surface area contributed by atoms with Crippen LogP contribution in [-0.4, -0.2) is 23.1 Å². The highest BCUT2D eigenvalue weighted by Crippen LogP contribution is 2.28. The lowest BCUT2D eigenvalue weighted by molar-refractivity contribution is 0.573. The van der Waals surface area contributed by atoms with Crippen molar-refractivity contribution in [3.8, 4) is 11.3 Å². The van der Waals surface area contributed by atoms with E-state index in [2.05, 4.69) is 14.9 Å². The van der Waals surface area contributed by atoms with Gasteiger partial charge in [-0.05, 0) is 31.4 Å². The summed E-state index contributed by atoms with van der Waals surface area (Å²) in [4.78, 5) is 11.4. The van der Waals surface area contributed by atoms with Crippen molar-refractivity contribution in [3.63, 3.8) is 0 Å². The van der Waals surface area contributed by atoms with E-state index in [0.29, 0.717) is 0 Å². The second-order valence-electron chi connectivity index (χ2n) is 4.90. The second kappa shape index (κ2) is 5.26. The predicted octanol–water partition coefficient (Wildman–Crippen LogP) is 2.72. The lowest BCUT2D eigenvalue weighted by Gasteiger charge is -2.28. The Balaban J connectivity index is 1.98. The standard InChI is InChI=1S/C15H18N4/c16-13-6-4-12(5-7-13)14-15(18-9-8-17-14)19-10-2-1-3-11-19/h4-9H,1-3,10-11,16H2. The molecule has 1 aliphatic rings. The highest BCUT2D eigenvalue weighted by atomic mass is 15.2. The van der Waals surface area contributed by atoms with Gasteiger partial charge in [-0.25, -0.2) is 4.98 Å². The molecule has 0 saturated carbocycles. The number of nitrogens with two attached hydrogens (primary N) is 1. The zero-order valence-corrected chi connectivity index (χ0v) is 10.9. The van der Waals surface area contributed by atoms with Crippen LogP contribution in [0, 0.1) is 0 Å². The maximum atomic E-state index is 5.74. The number of benzene rings is 1. The largest absolute Gasteiger partial charge is 0.399 e. The highest BCUT2D eigenvalue weighted by molar-refractivity contribution is 5.73. The summed E-state index contributed by atoms with van der Waals surface area (Å²) in [5, 5.41) is 0. The van der Waals surface area contributed by atoms with Crippen molar-refractivity contribution >= 4 is 11.5 Å². The predicted molar refractivity (Wildman–Crippen MR) is 77.9 cm³/mol. The topological polar surface area (TPSA) is 55.0 Å². The van der Waals surface area contributed by atoms with E-state index in [1.807, 2.05) is 24.3 Å². The zero-order valence-electron chi connectivity index (χ0n) is 10.9. The Labute approximate surface area is 113 Å². The number of hydrogen-bond donors (Lipinski definition) is 1. The van der Waals surface area contributed by atoms with Crippen molar-refractivity contribution in [2.45, 2.75) is 19.3 Å². The van der Waals surface area contributed by atoms with Crippen LogP contribution in [0.25, 0.3) is 11.3 Å². The van der Waals surface area contributed by atoms with E-state index < -0.39 is 0 Å². The number of rotatable bonds is 2. The van der Waals surface area contributed by atoms with Gasteiger partial charge in [0.1, 0.15) is 5.69 Å². The molecule has 98 valence electrons. The molecule has 2 heterocycles. The molecule has 2 N–H and O–H groups in total. The first-order valence-electron chi connectivity index (χ1n) is 6.76. The summed E-state index contributed by atoms with van der Waals surface area (Å²) in [6.45, 7) is 2.14. The second-order valence-corrected chi connectivity index (χ2v) is 4.90. The van der Waals surface area contributed by atoms with Crippen molar-refractivity contribution in [2.24, 2.45) is 0 Å². The molecule has 1 aromatic heterocycles. The number of piperidine rings is 1. The summed E-state index contributed by atoms with van der Waals surface area (Å²) >= 11 is 0. The Morgan fingerprint density at radius 3 is 2.32 bits per heavy atom. The molecule has 1 aromatic carbocycles. The molecule has 1 saturated heterocycles. The van der Waals surface area contributed by atoms with E-state index in [0.717, 1.165) is 35.9 Å². The molecule has 19 heavy (non-hydrogen) atoms. The van der Waals surface area contributed by atoms with Gasteiger partial charge in [-0.1, -0.05) is 12.1 Å². The smallest absolute Gasteiger partial charge is 0.155 e. The number of hydrogen-bond acceptors (Lipinski definition) is 4. The third kappa shape index (κ3) is 2.52. The van der Waals surface area contributed by atoms with Crippen molar-refractivity contribution in [1.82, 2.24) is 9.97 Å². The van der Waals surface area contributed by atoms with Crippen LogP contribution in [0.5, 0.6) is 0 Å². The summed E-state index contributed by atoms with van der Waals surface area (Å²) in [5.74, 6) is 0.993. The minimum absolute atomic E-state index is 0.771. The molecule has 0 spiro atoms. The summed E-state index contributed by atoms with van der Waals surface area (Å²) in [7, 11) is 0. The van der Waals surface area contributed by atoms with Gasteiger partial charge in [0.2, 0.25) is 0 Å². The van der Waals surface area contributed by atoms with Crippen molar-refractivity contribution in [1.29, 1.82) is 0 Å². The van der Waals surface area contributed by atoms with Gasteiger partial charge in [-0.15, -0.1) is 0 Å². The van der Waals surface area contributed by atoms with E-state index >= 15 is 0 Å². The summed E-state index contributed by atoms with van der Waals surface area (Å²) < 4.78 is 0. The minimum atomic E-state index is 0.771. The molecular formula is C15H18N4. The Bertz CT molecular complexity index is 544.